The van der Waals surface area contributed by atoms with E-state index in [1.807, 2.05) is 20.8 Å². The summed E-state index contributed by atoms with van der Waals surface area (Å²) < 4.78 is 5.35. The lowest BCUT2D eigenvalue weighted by Gasteiger charge is -2.29. The van der Waals surface area contributed by atoms with E-state index < -0.39 is 11.7 Å². The minimum Gasteiger partial charge on any atom is -0.443 e. The second-order valence-electron chi connectivity index (χ2n) is 4.74. The number of aliphatic imine (C=N–C) groups is 1. The van der Waals surface area contributed by atoms with Gasteiger partial charge < -0.3 is 14.4 Å². The molecule has 0 aromatic heterocycles. The number of nitrogens with zero attached hydrogens (tertiary/aromatic N) is 2. The fraction of sp³-hybridized carbons (Fsp3) is 0.750. The summed E-state index contributed by atoms with van der Waals surface area (Å²) in [5.41, 5.74) is -0.590. The number of rotatable bonds is 7. The summed E-state index contributed by atoms with van der Waals surface area (Å²) in [6, 6.07) is 0.0399. The lowest BCUT2D eigenvalue weighted by atomic mass is 10.0. The Labute approximate surface area is 103 Å². The smallest absolute Gasteiger partial charge is 0.410 e. The van der Waals surface area contributed by atoms with E-state index in [9.17, 15) is 9.59 Å². The summed E-state index contributed by atoms with van der Waals surface area (Å²) in [5, 5.41) is 0. The molecule has 0 spiro atoms. The Hall–Kier alpha value is -1.39. The van der Waals surface area contributed by atoms with E-state index in [-0.39, 0.29) is 6.04 Å². The predicted octanol–water partition coefficient (Wildman–Crippen LogP) is 1.90. The highest BCUT2D eigenvalue weighted by Gasteiger charge is 2.26. The molecule has 0 fully saturated rings. The van der Waals surface area contributed by atoms with E-state index in [4.69, 9.17) is 4.74 Å². The van der Waals surface area contributed by atoms with Gasteiger partial charge in [-0.15, -0.1) is 0 Å². The van der Waals surface area contributed by atoms with Crippen molar-refractivity contribution in [2.75, 3.05) is 13.6 Å². The first-order valence-corrected chi connectivity index (χ1v) is 5.66. The van der Waals surface area contributed by atoms with Gasteiger partial charge in [-0.2, -0.15) is 0 Å². The normalized spacial score (nSPS) is 12.7. The Kier molecular flexibility index (Phi) is 6.46. The fourth-order valence-electron chi connectivity index (χ4n) is 1.47. The van der Waals surface area contributed by atoms with Gasteiger partial charge in [-0.3, -0.25) is 4.99 Å². The Bertz CT molecular complexity index is 277. The Balaban J connectivity index is 4.24. The number of aldehydes is 1. The molecule has 1 amide bonds. The van der Waals surface area contributed by atoms with Crippen LogP contribution in [0, 0.1) is 0 Å². The van der Waals surface area contributed by atoms with E-state index in [0.29, 0.717) is 19.4 Å². The summed E-state index contributed by atoms with van der Waals surface area (Å²) in [7, 11) is 1.61. The number of amides is 1. The summed E-state index contributed by atoms with van der Waals surface area (Å²) in [6.07, 6.45) is 1.28. The zero-order valence-corrected chi connectivity index (χ0v) is 11.1. The van der Waals surface area contributed by atoms with Crippen molar-refractivity contribution >= 4 is 19.1 Å². The molecule has 0 radical (unpaired) electrons. The molecule has 1 atom stereocenters. The molecule has 0 heterocycles. The molecule has 98 valence electrons. The number of carbonyl (C=O) groups is 2. The zero-order chi connectivity index (χ0) is 13.5. The molecule has 0 rings (SSSR count). The van der Waals surface area contributed by atoms with Crippen LogP contribution < -0.4 is 0 Å². The predicted molar refractivity (Wildman–Crippen MR) is 67.5 cm³/mol. The topological polar surface area (TPSA) is 59.0 Å². The summed E-state index contributed by atoms with van der Waals surface area (Å²) >= 11 is 0. The third kappa shape index (κ3) is 6.71. The molecule has 0 aromatic carbocycles. The highest BCUT2D eigenvalue weighted by Crippen LogP contribution is 2.19. The molecule has 0 aliphatic carbocycles. The first-order valence-electron chi connectivity index (χ1n) is 5.66. The van der Waals surface area contributed by atoms with Gasteiger partial charge in [0.25, 0.3) is 0 Å². The summed E-state index contributed by atoms with van der Waals surface area (Å²) in [4.78, 5) is 27.1. The molecule has 0 aliphatic heterocycles. The molecule has 5 heteroatoms. The van der Waals surface area contributed by atoms with Crippen LogP contribution in [0.25, 0.3) is 0 Å². The molecule has 17 heavy (non-hydrogen) atoms. The van der Waals surface area contributed by atoms with E-state index in [2.05, 4.69) is 11.7 Å². The largest absolute Gasteiger partial charge is 0.443 e. The average Bonchev–Trinajstić information content (AvgIpc) is 2.24. The number of hydrogen-bond donors (Lipinski definition) is 0. The zero-order valence-electron chi connectivity index (χ0n) is 11.1. The first-order chi connectivity index (χ1) is 7.82. The average molecular weight is 242 g/mol. The second kappa shape index (κ2) is 7.04. The van der Waals surface area contributed by atoms with Crippen LogP contribution in [0.5, 0.6) is 0 Å². The second-order valence-corrected chi connectivity index (χ2v) is 4.74. The van der Waals surface area contributed by atoms with Gasteiger partial charge in [0.1, 0.15) is 11.9 Å². The van der Waals surface area contributed by atoms with Crippen LogP contribution in [-0.4, -0.2) is 49.2 Å². The van der Waals surface area contributed by atoms with E-state index >= 15 is 0 Å². The lowest BCUT2D eigenvalue weighted by Crippen LogP contribution is -2.38. The van der Waals surface area contributed by atoms with Crippen LogP contribution in [-0.2, 0) is 9.53 Å². The van der Waals surface area contributed by atoms with Gasteiger partial charge in [-0.1, -0.05) is 0 Å². The van der Waals surface area contributed by atoms with Crippen molar-refractivity contribution in [3.63, 3.8) is 0 Å². The lowest BCUT2D eigenvalue weighted by molar-refractivity contribution is -0.108. The summed E-state index contributed by atoms with van der Waals surface area (Å²) in [5.74, 6) is 0. The van der Waals surface area contributed by atoms with Crippen molar-refractivity contribution < 1.29 is 14.3 Å². The van der Waals surface area contributed by atoms with Crippen LogP contribution in [0.15, 0.2) is 4.99 Å². The van der Waals surface area contributed by atoms with Gasteiger partial charge in [0.05, 0.1) is 6.04 Å². The summed E-state index contributed by atoms with van der Waals surface area (Å²) in [6.45, 7) is 9.41. The molecular weight excluding hydrogens is 220 g/mol. The molecule has 1 unspecified atom stereocenters. The Morgan fingerprint density at radius 2 is 2.18 bits per heavy atom. The van der Waals surface area contributed by atoms with Gasteiger partial charge in [0.2, 0.25) is 0 Å². The van der Waals surface area contributed by atoms with Crippen LogP contribution >= 0.6 is 0 Å². The maximum Gasteiger partial charge on any atom is 0.410 e. The third-order valence-corrected chi connectivity index (χ3v) is 2.36. The van der Waals surface area contributed by atoms with Crippen LogP contribution in [0.3, 0.4) is 0 Å². The van der Waals surface area contributed by atoms with Gasteiger partial charge >= 0.3 is 6.09 Å². The Morgan fingerprint density at radius 3 is 2.65 bits per heavy atom. The molecule has 0 aliphatic rings. The minimum absolute atomic E-state index is 0.0399. The van der Waals surface area contributed by atoms with Crippen molar-refractivity contribution in [2.24, 2.45) is 4.99 Å². The molecule has 0 aromatic rings. The number of carbonyl (C=O) groups excluding carboxylic acids is 2. The molecular formula is C12H22N2O3. The number of ether oxygens (including phenoxy) is 1. The van der Waals surface area contributed by atoms with Gasteiger partial charge in [0, 0.05) is 26.4 Å². The SMILES string of the molecule is C=NC(C)CC(C)(C)OC(=O)N(C)CCC=O. The van der Waals surface area contributed by atoms with Gasteiger partial charge in [-0.25, -0.2) is 4.79 Å². The van der Waals surface area contributed by atoms with Crippen molar-refractivity contribution in [3.05, 3.63) is 0 Å². The van der Waals surface area contributed by atoms with Crippen LogP contribution in [0.4, 0.5) is 4.79 Å². The van der Waals surface area contributed by atoms with E-state index in [0.717, 1.165) is 6.29 Å². The van der Waals surface area contributed by atoms with Crippen LogP contribution in [0.1, 0.15) is 33.6 Å². The monoisotopic (exact) mass is 242 g/mol. The molecule has 0 saturated carbocycles. The highest BCUT2D eigenvalue weighted by molar-refractivity contribution is 5.68. The maximum atomic E-state index is 11.7. The van der Waals surface area contributed by atoms with Crippen molar-refractivity contribution in [1.82, 2.24) is 4.90 Å². The number of hydrogen-bond acceptors (Lipinski definition) is 4. The molecule has 0 bridgehead atoms. The minimum atomic E-state index is -0.590. The highest BCUT2D eigenvalue weighted by atomic mass is 16.6. The maximum absolute atomic E-state index is 11.7. The standard InChI is InChI=1S/C12H22N2O3/c1-10(13-4)9-12(2,3)17-11(16)14(5)7-6-8-15/h8,10H,4,6-7,9H2,1-3,5H3. The van der Waals surface area contributed by atoms with Crippen molar-refractivity contribution in [3.8, 4) is 0 Å². The van der Waals surface area contributed by atoms with Crippen molar-refractivity contribution in [1.29, 1.82) is 0 Å². The molecule has 0 saturated heterocycles. The molecule has 5 nitrogen and oxygen atoms in total. The quantitative estimate of drug-likeness (QED) is 0.506. The Morgan fingerprint density at radius 1 is 1.59 bits per heavy atom. The third-order valence-electron chi connectivity index (χ3n) is 2.36. The van der Waals surface area contributed by atoms with E-state index in [1.165, 1.54) is 4.90 Å². The fourth-order valence-corrected chi connectivity index (χ4v) is 1.47. The molecule has 0 N–H and O–H groups in total. The van der Waals surface area contributed by atoms with Crippen LogP contribution in [0.2, 0.25) is 0 Å². The van der Waals surface area contributed by atoms with Gasteiger partial charge in [0.15, 0.2) is 0 Å². The van der Waals surface area contributed by atoms with E-state index in [1.54, 1.807) is 7.05 Å². The van der Waals surface area contributed by atoms with Crippen molar-refractivity contribution in [2.45, 2.75) is 45.3 Å². The first kappa shape index (κ1) is 15.6. The van der Waals surface area contributed by atoms with Gasteiger partial charge in [-0.05, 0) is 27.5 Å².